The van der Waals surface area contributed by atoms with Crippen LogP contribution < -0.4 is 4.74 Å². The number of nitriles is 1. The summed E-state index contributed by atoms with van der Waals surface area (Å²) >= 11 is 0. The molecule has 3 heteroatoms. The molecule has 1 saturated carbocycles. The number of ether oxygens (including phenoxy) is 1. The lowest BCUT2D eigenvalue weighted by atomic mass is 9.89. The first kappa shape index (κ1) is 10.9. The third-order valence-electron chi connectivity index (χ3n) is 3.09. The number of pyridine rings is 1. The van der Waals surface area contributed by atoms with Gasteiger partial charge in [-0.2, -0.15) is 5.26 Å². The standard InChI is InChI=1S/C13H16N2O/c1-10-5-7-12(8-6-10)16-13-4-2-3-11(9-14)15-13/h2-4,10,12H,5-8H2,1H3. The van der Waals surface area contributed by atoms with Gasteiger partial charge in [-0.25, -0.2) is 4.98 Å². The summed E-state index contributed by atoms with van der Waals surface area (Å²) in [5.41, 5.74) is 0.418. The minimum absolute atomic E-state index is 0.276. The predicted octanol–water partition coefficient (Wildman–Crippen LogP) is 2.91. The van der Waals surface area contributed by atoms with Crippen molar-refractivity contribution < 1.29 is 4.74 Å². The zero-order chi connectivity index (χ0) is 11.4. The van der Waals surface area contributed by atoms with Crippen LogP contribution in [0.3, 0.4) is 0 Å². The Morgan fingerprint density at radius 1 is 1.31 bits per heavy atom. The highest BCUT2D eigenvalue weighted by molar-refractivity contribution is 5.24. The van der Waals surface area contributed by atoms with Crippen molar-refractivity contribution in [2.75, 3.05) is 0 Å². The summed E-state index contributed by atoms with van der Waals surface area (Å²) in [7, 11) is 0. The third-order valence-corrected chi connectivity index (χ3v) is 3.09. The SMILES string of the molecule is CC1CCC(Oc2cccc(C#N)n2)CC1. The van der Waals surface area contributed by atoms with Gasteiger partial charge in [-0.3, -0.25) is 0 Å². The molecule has 0 atom stereocenters. The van der Waals surface area contributed by atoms with E-state index in [2.05, 4.69) is 11.9 Å². The molecular formula is C13H16N2O. The summed E-state index contributed by atoms with van der Waals surface area (Å²) in [5.74, 6) is 1.40. The topological polar surface area (TPSA) is 45.9 Å². The molecule has 1 aliphatic carbocycles. The monoisotopic (exact) mass is 216 g/mol. The maximum Gasteiger partial charge on any atom is 0.214 e. The fourth-order valence-electron chi connectivity index (χ4n) is 2.06. The highest BCUT2D eigenvalue weighted by Gasteiger charge is 2.19. The molecule has 0 aromatic carbocycles. The highest BCUT2D eigenvalue weighted by atomic mass is 16.5. The molecule has 1 fully saturated rings. The fourth-order valence-corrected chi connectivity index (χ4v) is 2.06. The second-order valence-corrected chi connectivity index (χ2v) is 4.47. The number of nitrogens with zero attached hydrogens (tertiary/aromatic N) is 2. The van der Waals surface area contributed by atoms with Gasteiger partial charge in [-0.15, -0.1) is 0 Å². The van der Waals surface area contributed by atoms with E-state index in [9.17, 15) is 0 Å². The Morgan fingerprint density at radius 3 is 2.75 bits per heavy atom. The molecule has 16 heavy (non-hydrogen) atoms. The van der Waals surface area contributed by atoms with Crippen molar-refractivity contribution >= 4 is 0 Å². The van der Waals surface area contributed by atoms with E-state index in [4.69, 9.17) is 10.00 Å². The summed E-state index contributed by atoms with van der Waals surface area (Å²) in [6.45, 7) is 2.28. The Morgan fingerprint density at radius 2 is 2.06 bits per heavy atom. The van der Waals surface area contributed by atoms with Crippen LogP contribution in [0.2, 0.25) is 0 Å². The van der Waals surface area contributed by atoms with Crippen LogP contribution in [0.15, 0.2) is 18.2 Å². The molecule has 1 aliphatic rings. The van der Waals surface area contributed by atoms with E-state index in [0.717, 1.165) is 18.8 Å². The fraction of sp³-hybridized carbons (Fsp3) is 0.538. The maximum atomic E-state index is 8.73. The molecular weight excluding hydrogens is 200 g/mol. The van der Waals surface area contributed by atoms with E-state index in [1.54, 1.807) is 6.07 Å². The van der Waals surface area contributed by atoms with Gasteiger partial charge in [-0.05, 0) is 37.7 Å². The van der Waals surface area contributed by atoms with Gasteiger partial charge in [0, 0.05) is 6.07 Å². The van der Waals surface area contributed by atoms with Gasteiger partial charge in [0.2, 0.25) is 5.88 Å². The lowest BCUT2D eigenvalue weighted by molar-refractivity contribution is 0.130. The summed E-state index contributed by atoms with van der Waals surface area (Å²) in [6.07, 6.45) is 4.92. The van der Waals surface area contributed by atoms with Gasteiger partial charge >= 0.3 is 0 Å². The molecule has 2 rings (SSSR count). The van der Waals surface area contributed by atoms with Crippen molar-refractivity contribution in [3.63, 3.8) is 0 Å². The number of hydrogen-bond acceptors (Lipinski definition) is 3. The van der Waals surface area contributed by atoms with Gasteiger partial charge < -0.3 is 4.74 Å². The smallest absolute Gasteiger partial charge is 0.214 e. The molecule has 1 heterocycles. The first-order valence-corrected chi connectivity index (χ1v) is 5.82. The Hall–Kier alpha value is -1.56. The first-order valence-electron chi connectivity index (χ1n) is 5.82. The lowest BCUT2D eigenvalue weighted by Gasteiger charge is -2.26. The normalized spacial score (nSPS) is 24.8. The molecule has 3 nitrogen and oxygen atoms in total. The van der Waals surface area contributed by atoms with E-state index in [1.165, 1.54) is 12.8 Å². The van der Waals surface area contributed by atoms with Crippen LogP contribution in [0.1, 0.15) is 38.3 Å². The van der Waals surface area contributed by atoms with Crippen molar-refractivity contribution in [3.8, 4) is 11.9 Å². The molecule has 0 radical (unpaired) electrons. The summed E-state index contributed by atoms with van der Waals surface area (Å²) in [5, 5.41) is 8.73. The van der Waals surface area contributed by atoms with E-state index in [1.807, 2.05) is 18.2 Å². The quantitative estimate of drug-likeness (QED) is 0.763. The van der Waals surface area contributed by atoms with E-state index in [0.29, 0.717) is 11.6 Å². The molecule has 0 spiro atoms. The Bertz CT molecular complexity index is 389. The predicted molar refractivity (Wildman–Crippen MR) is 61.0 cm³/mol. The maximum absolute atomic E-state index is 8.73. The molecule has 1 aromatic heterocycles. The second kappa shape index (κ2) is 4.98. The third kappa shape index (κ3) is 2.73. The van der Waals surface area contributed by atoms with Crippen LogP contribution in [0.5, 0.6) is 5.88 Å². The van der Waals surface area contributed by atoms with Crippen LogP contribution in [0, 0.1) is 17.2 Å². The van der Waals surface area contributed by atoms with Gasteiger partial charge in [0.1, 0.15) is 17.9 Å². The number of rotatable bonds is 2. The van der Waals surface area contributed by atoms with Crippen LogP contribution in [-0.2, 0) is 0 Å². The van der Waals surface area contributed by atoms with Crippen LogP contribution in [-0.4, -0.2) is 11.1 Å². The zero-order valence-corrected chi connectivity index (χ0v) is 9.52. The average molecular weight is 216 g/mol. The lowest BCUT2D eigenvalue weighted by Crippen LogP contribution is -2.23. The summed E-state index contributed by atoms with van der Waals surface area (Å²) < 4.78 is 5.78. The van der Waals surface area contributed by atoms with E-state index in [-0.39, 0.29) is 6.10 Å². The average Bonchev–Trinajstić information content (AvgIpc) is 2.32. The van der Waals surface area contributed by atoms with Crippen LogP contribution in [0.4, 0.5) is 0 Å². The minimum Gasteiger partial charge on any atom is -0.474 e. The van der Waals surface area contributed by atoms with Crippen molar-refractivity contribution in [3.05, 3.63) is 23.9 Å². The molecule has 0 N–H and O–H groups in total. The second-order valence-electron chi connectivity index (χ2n) is 4.47. The minimum atomic E-state index is 0.276. The van der Waals surface area contributed by atoms with Crippen molar-refractivity contribution in [1.29, 1.82) is 5.26 Å². The molecule has 0 unspecified atom stereocenters. The molecule has 1 aromatic rings. The number of aromatic nitrogens is 1. The van der Waals surface area contributed by atoms with Gasteiger partial charge in [0.05, 0.1) is 0 Å². The Balaban J connectivity index is 1.96. The summed E-state index contributed by atoms with van der Waals surface area (Å²) in [6, 6.07) is 7.34. The summed E-state index contributed by atoms with van der Waals surface area (Å²) in [4.78, 5) is 4.12. The largest absolute Gasteiger partial charge is 0.474 e. The zero-order valence-electron chi connectivity index (χ0n) is 9.52. The molecule has 0 aliphatic heterocycles. The van der Waals surface area contributed by atoms with Crippen molar-refractivity contribution in [2.24, 2.45) is 5.92 Å². The first-order chi connectivity index (χ1) is 7.78. The van der Waals surface area contributed by atoms with Crippen molar-refractivity contribution in [2.45, 2.75) is 38.7 Å². The Labute approximate surface area is 96.1 Å². The Kier molecular flexibility index (Phi) is 3.40. The van der Waals surface area contributed by atoms with Crippen LogP contribution >= 0.6 is 0 Å². The van der Waals surface area contributed by atoms with Crippen molar-refractivity contribution in [1.82, 2.24) is 4.98 Å². The molecule has 84 valence electrons. The number of hydrogen-bond donors (Lipinski definition) is 0. The van der Waals surface area contributed by atoms with E-state index >= 15 is 0 Å². The molecule has 0 saturated heterocycles. The highest BCUT2D eigenvalue weighted by Crippen LogP contribution is 2.26. The van der Waals surface area contributed by atoms with E-state index < -0.39 is 0 Å². The van der Waals surface area contributed by atoms with Gasteiger partial charge in [0.15, 0.2) is 0 Å². The van der Waals surface area contributed by atoms with Gasteiger partial charge in [-0.1, -0.05) is 13.0 Å². The molecule has 0 amide bonds. The van der Waals surface area contributed by atoms with Gasteiger partial charge in [0.25, 0.3) is 0 Å². The molecule has 0 bridgehead atoms. The van der Waals surface area contributed by atoms with Crippen LogP contribution in [0.25, 0.3) is 0 Å².